The maximum Gasteiger partial charge on any atom is 0.0834 e. The third-order valence-electron chi connectivity index (χ3n) is 3.61. The van der Waals surface area contributed by atoms with Crippen LogP contribution in [0.4, 0.5) is 0 Å². The highest BCUT2D eigenvalue weighted by atomic mass is 35.5. The summed E-state index contributed by atoms with van der Waals surface area (Å²) in [7, 11) is 2.02. The van der Waals surface area contributed by atoms with Crippen molar-refractivity contribution < 1.29 is 0 Å². The second kappa shape index (κ2) is 5.19. The molecule has 4 heteroatoms. The Morgan fingerprint density at radius 1 is 1.56 bits per heavy atom. The summed E-state index contributed by atoms with van der Waals surface area (Å²) < 4.78 is 2.02. The Bertz CT molecular complexity index is 342. The molecule has 1 N–H and O–H groups in total. The van der Waals surface area contributed by atoms with E-state index in [1.807, 2.05) is 11.7 Å². The van der Waals surface area contributed by atoms with E-state index in [2.05, 4.69) is 17.3 Å². The highest BCUT2D eigenvalue weighted by Gasteiger charge is 2.29. The van der Waals surface area contributed by atoms with E-state index in [0.29, 0.717) is 12.0 Å². The Labute approximate surface area is 102 Å². The molecule has 1 aromatic rings. The van der Waals surface area contributed by atoms with Crippen molar-refractivity contribution in [2.45, 2.75) is 45.2 Å². The molecular weight excluding hydrogens is 222 g/mol. The third kappa shape index (κ3) is 2.11. The van der Waals surface area contributed by atoms with Crippen molar-refractivity contribution in [3.05, 3.63) is 16.9 Å². The molecule has 0 spiro atoms. The first-order valence-corrected chi connectivity index (χ1v) is 6.54. The van der Waals surface area contributed by atoms with Crippen LogP contribution in [-0.2, 0) is 6.54 Å². The van der Waals surface area contributed by atoms with Crippen LogP contribution in [0.1, 0.15) is 44.3 Å². The Kier molecular flexibility index (Phi) is 3.87. The molecule has 1 aliphatic rings. The van der Waals surface area contributed by atoms with Gasteiger partial charge in [0.15, 0.2) is 0 Å². The summed E-state index contributed by atoms with van der Waals surface area (Å²) in [6.45, 7) is 2.99. The zero-order valence-electron chi connectivity index (χ0n) is 10.0. The Morgan fingerprint density at radius 2 is 2.25 bits per heavy atom. The summed E-state index contributed by atoms with van der Waals surface area (Å²) in [6, 6.07) is 0.359. The summed E-state index contributed by atoms with van der Waals surface area (Å²) in [6.07, 6.45) is 7.06. The summed E-state index contributed by atoms with van der Waals surface area (Å²) in [5, 5.41) is 8.54. The molecule has 0 amide bonds. The zero-order chi connectivity index (χ0) is 11.5. The van der Waals surface area contributed by atoms with Gasteiger partial charge in [0.1, 0.15) is 0 Å². The summed E-state index contributed by atoms with van der Waals surface area (Å²) in [4.78, 5) is 0. The van der Waals surface area contributed by atoms with E-state index in [4.69, 9.17) is 11.6 Å². The van der Waals surface area contributed by atoms with Crippen LogP contribution in [0.5, 0.6) is 0 Å². The van der Waals surface area contributed by atoms with Gasteiger partial charge in [-0.15, -0.1) is 0 Å². The van der Waals surface area contributed by atoms with E-state index in [-0.39, 0.29) is 0 Å². The van der Waals surface area contributed by atoms with Gasteiger partial charge in [0.25, 0.3) is 0 Å². The molecule has 0 radical (unpaired) electrons. The lowest BCUT2D eigenvalue weighted by Crippen LogP contribution is -2.26. The van der Waals surface area contributed by atoms with Crippen molar-refractivity contribution in [3.63, 3.8) is 0 Å². The van der Waals surface area contributed by atoms with E-state index in [0.717, 1.165) is 11.6 Å². The first-order valence-electron chi connectivity index (χ1n) is 6.16. The number of rotatable bonds is 4. The van der Waals surface area contributed by atoms with E-state index < -0.39 is 0 Å². The lowest BCUT2D eigenvalue weighted by Gasteiger charge is -2.24. The number of nitrogens with one attached hydrogen (secondary N) is 1. The predicted octanol–water partition coefficient (Wildman–Crippen LogP) is 3.01. The van der Waals surface area contributed by atoms with Crippen molar-refractivity contribution in [2.24, 2.45) is 5.92 Å². The fourth-order valence-corrected chi connectivity index (χ4v) is 3.08. The Balaban J connectivity index is 2.27. The molecule has 16 heavy (non-hydrogen) atoms. The van der Waals surface area contributed by atoms with Crippen LogP contribution >= 0.6 is 11.6 Å². The molecule has 0 aliphatic heterocycles. The topological polar surface area (TPSA) is 29.9 Å². The molecule has 90 valence electrons. The maximum absolute atomic E-state index is 6.25. The van der Waals surface area contributed by atoms with Crippen LogP contribution in [0.3, 0.4) is 0 Å². The predicted molar refractivity (Wildman–Crippen MR) is 66.7 cm³/mol. The Hall–Kier alpha value is -0.540. The largest absolute Gasteiger partial charge is 0.311 e. The van der Waals surface area contributed by atoms with Gasteiger partial charge in [-0.2, -0.15) is 5.10 Å². The van der Waals surface area contributed by atoms with Gasteiger partial charge in [0.2, 0.25) is 0 Å². The molecule has 1 fully saturated rings. The van der Waals surface area contributed by atoms with Gasteiger partial charge in [-0.1, -0.05) is 24.4 Å². The third-order valence-corrected chi connectivity index (χ3v) is 3.90. The molecule has 1 heterocycles. The lowest BCUT2D eigenvalue weighted by atomic mass is 9.95. The number of aromatic nitrogens is 2. The first kappa shape index (κ1) is 11.9. The monoisotopic (exact) mass is 241 g/mol. The van der Waals surface area contributed by atoms with Crippen LogP contribution in [0, 0.1) is 5.92 Å². The van der Waals surface area contributed by atoms with Gasteiger partial charge < -0.3 is 5.32 Å². The normalized spacial score (nSPS) is 19.2. The fourth-order valence-electron chi connectivity index (χ4n) is 2.82. The average molecular weight is 242 g/mol. The minimum atomic E-state index is 0.359. The smallest absolute Gasteiger partial charge is 0.0834 e. The number of nitrogens with zero attached hydrogens (tertiary/aromatic N) is 2. The van der Waals surface area contributed by atoms with Crippen molar-refractivity contribution in [3.8, 4) is 0 Å². The van der Waals surface area contributed by atoms with Crippen LogP contribution in [-0.4, -0.2) is 16.8 Å². The molecule has 0 aromatic carbocycles. The van der Waals surface area contributed by atoms with Gasteiger partial charge in [-0.05, 0) is 32.7 Å². The molecule has 0 saturated heterocycles. The Morgan fingerprint density at radius 3 is 2.81 bits per heavy atom. The van der Waals surface area contributed by atoms with Crippen LogP contribution < -0.4 is 5.32 Å². The van der Waals surface area contributed by atoms with E-state index >= 15 is 0 Å². The fraction of sp³-hybridized carbons (Fsp3) is 0.750. The molecule has 1 saturated carbocycles. The van der Waals surface area contributed by atoms with Crippen molar-refractivity contribution in [2.75, 3.05) is 7.05 Å². The SMILES string of the molecule is CCn1ncc(Cl)c1C(NC)C1CCCC1. The molecule has 3 nitrogen and oxygen atoms in total. The number of halogens is 1. The highest BCUT2D eigenvalue weighted by Crippen LogP contribution is 2.37. The van der Waals surface area contributed by atoms with E-state index in [1.54, 1.807) is 6.20 Å². The van der Waals surface area contributed by atoms with E-state index in [9.17, 15) is 0 Å². The quantitative estimate of drug-likeness (QED) is 0.878. The molecule has 1 unspecified atom stereocenters. The van der Waals surface area contributed by atoms with Crippen LogP contribution in [0.2, 0.25) is 5.02 Å². The first-order chi connectivity index (χ1) is 7.77. The second-order valence-corrected chi connectivity index (χ2v) is 4.91. The summed E-state index contributed by atoms with van der Waals surface area (Å²) >= 11 is 6.25. The highest BCUT2D eigenvalue weighted by molar-refractivity contribution is 6.31. The molecular formula is C12H20ClN3. The summed E-state index contributed by atoms with van der Waals surface area (Å²) in [5.41, 5.74) is 1.17. The molecule has 2 rings (SSSR count). The van der Waals surface area contributed by atoms with Crippen molar-refractivity contribution in [1.82, 2.24) is 15.1 Å². The molecule has 1 aromatic heterocycles. The van der Waals surface area contributed by atoms with Crippen molar-refractivity contribution in [1.29, 1.82) is 0 Å². The van der Waals surface area contributed by atoms with Gasteiger partial charge in [0, 0.05) is 6.54 Å². The molecule has 1 aliphatic carbocycles. The molecule has 1 atom stereocenters. The van der Waals surface area contributed by atoms with Gasteiger partial charge in [-0.3, -0.25) is 4.68 Å². The zero-order valence-corrected chi connectivity index (χ0v) is 10.8. The number of aryl methyl sites for hydroxylation is 1. The second-order valence-electron chi connectivity index (χ2n) is 4.50. The van der Waals surface area contributed by atoms with Gasteiger partial charge in [-0.25, -0.2) is 0 Å². The van der Waals surface area contributed by atoms with Gasteiger partial charge >= 0.3 is 0 Å². The van der Waals surface area contributed by atoms with Crippen molar-refractivity contribution >= 4 is 11.6 Å². The van der Waals surface area contributed by atoms with E-state index in [1.165, 1.54) is 31.4 Å². The van der Waals surface area contributed by atoms with Crippen LogP contribution in [0.15, 0.2) is 6.20 Å². The van der Waals surface area contributed by atoms with Gasteiger partial charge in [0.05, 0.1) is 23.0 Å². The molecule has 0 bridgehead atoms. The average Bonchev–Trinajstić information content (AvgIpc) is 2.91. The van der Waals surface area contributed by atoms with Crippen LogP contribution in [0.25, 0.3) is 0 Å². The lowest BCUT2D eigenvalue weighted by molar-refractivity contribution is 0.366. The summed E-state index contributed by atoms with van der Waals surface area (Å²) in [5.74, 6) is 0.712. The minimum Gasteiger partial charge on any atom is -0.311 e. The maximum atomic E-state index is 6.25. The number of hydrogen-bond donors (Lipinski definition) is 1. The number of hydrogen-bond acceptors (Lipinski definition) is 2. The standard InChI is InChI=1S/C12H20ClN3/c1-3-16-12(10(13)8-15-16)11(14-2)9-6-4-5-7-9/h8-9,11,14H,3-7H2,1-2H3. The minimum absolute atomic E-state index is 0.359.